The Hall–Kier alpha value is -4.36. The van der Waals surface area contributed by atoms with Crippen LogP contribution in [0.1, 0.15) is 10.4 Å². The Morgan fingerprint density at radius 2 is 1.83 bits per heavy atom. The number of nitrogens with one attached hydrogen (secondary N) is 2. The van der Waals surface area contributed by atoms with Gasteiger partial charge in [-0.05, 0) is 42.8 Å². The minimum absolute atomic E-state index is 0.181. The summed E-state index contributed by atoms with van der Waals surface area (Å²) in [5.41, 5.74) is 5.37. The average molecular weight is 476 g/mol. The summed E-state index contributed by atoms with van der Waals surface area (Å²) in [4.78, 5) is 33.0. The number of thiophene rings is 1. The van der Waals surface area contributed by atoms with Crippen molar-refractivity contribution < 1.29 is 0 Å². The molecule has 0 amide bonds. The summed E-state index contributed by atoms with van der Waals surface area (Å²) in [7, 11) is 0. The summed E-state index contributed by atoms with van der Waals surface area (Å²) in [6, 6.07) is 24.0. The number of aromatic nitrogens is 4. The summed E-state index contributed by atoms with van der Waals surface area (Å²) in [5, 5.41) is 4.24. The zero-order valence-corrected chi connectivity index (χ0v) is 19.8. The highest BCUT2D eigenvalue weighted by molar-refractivity contribution is 7.15. The Morgan fingerprint density at radius 1 is 0.943 bits per heavy atom. The highest BCUT2D eigenvalue weighted by Gasteiger charge is 2.18. The second kappa shape index (κ2) is 8.77. The third-order valence-corrected chi connectivity index (χ3v) is 6.89. The number of fused-ring (bicyclic) bond motifs is 2. The molecule has 7 heteroatoms. The van der Waals surface area contributed by atoms with E-state index in [0.29, 0.717) is 29.1 Å². The van der Waals surface area contributed by atoms with Gasteiger partial charge in [0.2, 0.25) is 5.43 Å². The van der Waals surface area contributed by atoms with Gasteiger partial charge in [-0.25, -0.2) is 9.97 Å². The van der Waals surface area contributed by atoms with Crippen LogP contribution in [0.4, 0.5) is 5.69 Å². The van der Waals surface area contributed by atoms with Crippen molar-refractivity contribution in [2.24, 2.45) is 0 Å². The predicted octanol–water partition coefficient (Wildman–Crippen LogP) is 6.18. The monoisotopic (exact) mass is 475 g/mol. The third-order valence-electron chi connectivity index (χ3n) is 5.88. The minimum atomic E-state index is -0.181. The molecule has 4 aromatic heterocycles. The molecule has 2 N–H and O–H groups in total. The third kappa shape index (κ3) is 4.06. The molecule has 4 heterocycles. The molecule has 170 valence electrons. The predicted molar refractivity (Wildman–Crippen MR) is 143 cm³/mol. The van der Waals surface area contributed by atoms with Gasteiger partial charge in [0.25, 0.3) is 0 Å². The van der Waals surface area contributed by atoms with Crippen molar-refractivity contribution in [1.82, 2.24) is 19.9 Å². The Balaban J connectivity index is 1.51. The van der Waals surface area contributed by atoms with Gasteiger partial charge in [-0.3, -0.25) is 9.78 Å². The van der Waals surface area contributed by atoms with Gasteiger partial charge in [0.1, 0.15) is 11.4 Å². The Labute approximate surface area is 205 Å². The maximum Gasteiger partial charge on any atom is 0.232 e. The lowest BCUT2D eigenvalue weighted by atomic mass is 10.1. The zero-order chi connectivity index (χ0) is 23.8. The van der Waals surface area contributed by atoms with Crippen LogP contribution in [-0.4, -0.2) is 19.9 Å². The Morgan fingerprint density at radius 3 is 2.66 bits per heavy atom. The average Bonchev–Trinajstić information content (AvgIpc) is 3.34. The quantitative estimate of drug-likeness (QED) is 0.311. The first kappa shape index (κ1) is 21.2. The maximum atomic E-state index is 13.4. The molecule has 6 rings (SSSR count). The van der Waals surface area contributed by atoms with Crippen LogP contribution in [0.15, 0.2) is 90.0 Å². The van der Waals surface area contributed by atoms with Crippen LogP contribution in [-0.2, 0) is 6.54 Å². The number of pyridine rings is 2. The van der Waals surface area contributed by atoms with Gasteiger partial charge in [0.15, 0.2) is 11.2 Å². The largest absolute Gasteiger partial charge is 0.377 e. The molecule has 0 aliphatic carbocycles. The smallest absolute Gasteiger partial charge is 0.232 e. The van der Waals surface area contributed by atoms with Gasteiger partial charge in [0, 0.05) is 34.8 Å². The van der Waals surface area contributed by atoms with E-state index in [4.69, 9.17) is 9.97 Å². The highest BCUT2D eigenvalue weighted by atomic mass is 32.1. The van der Waals surface area contributed by atoms with Gasteiger partial charge in [0.05, 0.1) is 16.1 Å². The lowest BCUT2D eigenvalue weighted by Gasteiger charge is -2.11. The number of anilines is 1. The molecule has 0 atom stereocenters. The lowest BCUT2D eigenvalue weighted by Crippen LogP contribution is -2.14. The van der Waals surface area contributed by atoms with Crippen LogP contribution in [0, 0.1) is 6.92 Å². The van der Waals surface area contributed by atoms with Gasteiger partial charge < -0.3 is 10.3 Å². The molecular formula is C28H21N5OS. The van der Waals surface area contributed by atoms with E-state index in [9.17, 15) is 4.79 Å². The van der Waals surface area contributed by atoms with Crippen LogP contribution in [0.5, 0.6) is 0 Å². The molecule has 6 aromatic rings. The fraction of sp³-hybridized carbons (Fsp3) is 0.0714. The van der Waals surface area contributed by atoms with Crippen LogP contribution in [0.25, 0.3) is 43.9 Å². The van der Waals surface area contributed by atoms with Crippen LogP contribution in [0.2, 0.25) is 0 Å². The van der Waals surface area contributed by atoms with Crippen LogP contribution < -0.4 is 10.7 Å². The first-order valence-electron chi connectivity index (χ1n) is 11.3. The van der Waals surface area contributed by atoms with Crippen molar-refractivity contribution in [1.29, 1.82) is 0 Å². The summed E-state index contributed by atoms with van der Waals surface area (Å²) in [6.45, 7) is 2.61. The number of hydrogen-bond acceptors (Lipinski definition) is 6. The lowest BCUT2D eigenvalue weighted by molar-refractivity contribution is 1.13. The number of aryl methyl sites for hydroxylation is 1. The minimum Gasteiger partial charge on any atom is -0.377 e. The molecule has 0 radical (unpaired) electrons. The molecule has 2 aromatic carbocycles. The summed E-state index contributed by atoms with van der Waals surface area (Å²) >= 11 is 1.66. The van der Waals surface area contributed by atoms with Gasteiger partial charge in [-0.2, -0.15) is 0 Å². The summed E-state index contributed by atoms with van der Waals surface area (Å²) < 4.78 is 0. The summed E-state index contributed by atoms with van der Waals surface area (Å²) in [5.74, 6) is 0. The van der Waals surface area contributed by atoms with E-state index in [0.717, 1.165) is 32.6 Å². The Kier molecular flexibility index (Phi) is 5.31. The molecule has 0 unspecified atom stereocenters. The van der Waals surface area contributed by atoms with Crippen molar-refractivity contribution in [3.63, 3.8) is 0 Å². The van der Waals surface area contributed by atoms with Crippen molar-refractivity contribution in [2.45, 2.75) is 13.5 Å². The van der Waals surface area contributed by atoms with Gasteiger partial charge >= 0.3 is 0 Å². The van der Waals surface area contributed by atoms with Crippen molar-refractivity contribution in [3.05, 3.63) is 106 Å². The number of aromatic amines is 1. The van der Waals surface area contributed by atoms with Gasteiger partial charge in [-0.1, -0.05) is 42.5 Å². The van der Waals surface area contributed by atoms with Crippen molar-refractivity contribution in [3.8, 4) is 21.8 Å². The molecule has 35 heavy (non-hydrogen) atoms. The number of rotatable bonds is 5. The number of nitrogens with zero attached hydrogens (tertiary/aromatic N) is 3. The van der Waals surface area contributed by atoms with E-state index in [-0.39, 0.29) is 5.43 Å². The molecule has 0 aliphatic rings. The zero-order valence-electron chi connectivity index (χ0n) is 18.9. The molecule has 6 nitrogen and oxygen atoms in total. The molecule has 0 spiro atoms. The van der Waals surface area contributed by atoms with E-state index in [1.165, 1.54) is 4.88 Å². The molecular weight excluding hydrogens is 454 g/mol. The second-order valence-corrected chi connectivity index (χ2v) is 9.60. The van der Waals surface area contributed by atoms with E-state index < -0.39 is 0 Å². The second-order valence-electron chi connectivity index (χ2n) is 8.31. The maximum absolute atomic E-state index is 13.4. The first-order chi connectivity index (χ1) is 17.2. The number of benzene rings is 2. The summed E-state index contributed by atoms with van der Waals surface area (Å²) in [6.07, 6.45) is 3.45. The molecule has 0 saturated carbocycles. The van der Waals surface area contributed by atoms with E-state index in [1.54, 1.807) is 23.7 Å². The fourth-order valence-corrected chi connectivity index (χ4v) is 4.97. The highest BCUT2D eigenvalue weighted by Crippen LogP contribution is 2.35. The number of H-pyrrole nitrogens is 1. The SMILES string of the molecule is Cc1ccc(-c2nc3[nH]cc(NCc4ccccc4)c(=O)c3nc2-c2ccc3ncccc3c2)s1. The van der Waals surface area contributed by atoms with E-state index >= 15 is 0 Å². The standard InChI is InChI=1S/C28H21N5OS/c1-17-9-12-23(35-17)25-24(20-10-11-21-19(14-20)8-5-13-29-21)32-26-27(34)22(16-31-28(26)33-25)30-15-18-6-3-2-4-7-18/h2-14,16,30H,15H2,1H3,(H,31,33,34). The first-order valence-corrected chi connectivity index (χ1v) is 12.1. The molecule has 0 bridgehead atoms. The fourth-order valence-electron chi connectivity index (χ4n) is 4.11. The van der Waals surface area contributed by atoms with Crippen LogP contribution >= 0.6 is 11.3 Å². The Bertz CT molecular complexity index is 1740. The van der Waals surface area contributed by atoms with Crippen molar-refractivity contribution >= 4 is 39.1 Å². The molecule has 0 fully saturated rings. The normalized spacial score (nSPS) is 11.2. The number of hydrogen-bond donors (Lipinski definition) is 2. The van der Waals surface area contributed by atoms with Gasteiger partial charge in [-0.15, -0.1) is 11.3 Å². The molecule has 0 aliphatic heterocycles. The van der Waals surface area contributed by atoms with Crippen LogP contribution in [0.3, 0.4) is 0 Å². The molecule has 0 saturated heterocycles. The van der Waals surface area contributed by atoms with Crippen molar-refractivity contribution in [2.75, 3.05) is 5.32 Å². The van der Waals surface area contributed by atoms with E-state index in [2.05, 4.69) is 34.3 Å². The van der Waals surface area contributed by atoms with E-state index in [1.807, 2.05) is 60.7 Å². The topological polar surface area (TPSA) is 83.6 Å².